The van der Waals surface area contributed by atoms with Crippen molar-refractivity contribution in [2.24, 2.45) is 5.41 Å². The van der Waals surface area contributed by atoms with Gasteiger partial charge in [0, 0.05) is 6.61 Å². The van der Waals surface area contributed by atoms with Gasteiger partial charge in [-0.05, 0) is 26.1 Å². The fourth-order valence-corrected chi connectivity index (χ4v) is 4.02. The summed E-state index contributed by atoms with van der Waals surface area (Å²) in [4.78, 5) is 0. The van der Waals surface area contributed by atoms with Crippen LogP contribution in [0.4, 0.5) is 0 Å². The Labute approximate surface area is 210 Å². The van der Waals surface area contributed by atoms with Gasteiger partial charge >= 0.3 is 26.2 Å². The van der Waals surface area contributed by atoms with E-state index in [9.17, 15) is 0 Å². The Morgan fingerprint density at radius 3 is 2.03 bits per heavy atom. The van der Waals surface area contributed by atoms with Crippen molar-refractivity contribution in [1.82, 2.24) is 0 Å². The van der Waals surface area contributed by atoms with Gasteiger partial charge in [-0.2, -0.15) is 17.2 Å². The molecule has 0 bridgehead atoms. The number of fused-ring (bicyclic) bond motifs is 1. The molecule has 0 saturated carbocycles. The first-order valence-electron chi connectivity index (χ1n) is 9.58. The summed E-state index contributed by atoms with van der Waals surface area (Å²) in [5.74, 6) is 0. The van der Waals surface area contributed by atoms with Gasteiger partial charge in [0.05, 0.1) is 0 Å². The second-order valence-corrected chi connectivity index (χ2v) is 13.3. The van der Waals surface area contributed by atoms with Crippen LogP contribution in [0.5, 0.6) is 0 Å². The molecular formula is C24H36Cl2OSiZr. The van der Waals surface area contributed by atoms with Crippen molar-refractivity contribution in [3.05, 3.63) is 64.8 Å². The molecule has 0 aliphatic heterocycles. The van der Waals surface area contributed by atoms with Crippen molar-refractivity contribution in [2.75, 3.05) is 6.61 Å². The van der Waals surface area contributed by atoms with E-state index in [0.717, 1.165) is 13.0 Å². The monoisotopic (exact) mass is 528 g/mol. The van der Waals surface area contributed by atoms with Crippen LogP contribution < -0.4 is 0 Å². The largest absolute Gasteiger partial charge is 2.00 e. The van der Waals surface area contributed by atoms with Crippen LogP contribution in [0.3, 0.4) is 0 Å². The van der Waals surface area contributed by atoms with E-state index in [2.05, 4.69) is 96.7 Å². The van der Waals surface area contributed by atoms with Gasteiger partial charge < -0.3 is 4.43 Å². The molecule has 0 N–H and O–H groups in total. The van der Waals surface area contributed by atoms with E-state index in [-0.39, 0.29) is 56.4 Å². The first-order chi connectivity index (χ1) is 12.0. The van der Waals surface area contributed by atoms with Crippen molar-refractivity contribution in [1.29, 1.82) is 0 Å². The van der Waals surface area contributed by atoms with Crippen LogP contribution in [0.25, 0.3) is 10.8 Å². The standard InChI is InChI=1S/C14H19OSi.C10H15.2ClH.Zr/c1-16(2,3)15-11-10-13-9-8-12-6-4-5-7-14(12)13;1-7-6-10(4,5)9(3)8(7)2;;;/h4-9H,10-11H2,1-3H3;1-5H3;2*1H;/q2*-1;;;+2. The molecule has 0 heterocycles. The molecule has 0 atom stereocenters. The van der Waals surface area contributed by atoms with E-state index in [1.54, 1.807) is 0 Å². The molecule has 2 aromatic carbocycles. The normalized spacial score (nSPS) is 14.8. The molecule has 0 radical (unpaired) electrons. The van der Waals surface area contributed by atoms with Crippen molar-refractivity contribution in [2.45, 2.75) is 60.7 Å². The van der Waals surface area contributed by atoms with E-state index >= 15 is 0 Å². The Bertz CT molecular complexity index is 829. The van der Waals surface area contributed by atoms with Gasteiger partial charge in [-0.25, -0.2) is 5.57 Å². The fourth-order valence-electron chi connectivity index (χ4n) is 3.31. The molecule has 29 heavy (non-hydrogen) atoms. The predicted molar refractivity (Wildman–Crippen MR) is 132 cm³/mol. The molecule has 160 valence electrons. The van der Waals surface area contributed by atoms with Gasteiger partial charge in [-0.3, -0.25) is 6.08 Å². The molecule has 3 rings (SSSR count). The molecule has 0 fully saturated rings. The van der Waals surface area contributed by atoms with Crippen LogP contribution in [-0.4, -0.2) is 14.9 Å². The fraction of sp³-hybridized carbons (Fsp3) is 0.458. The molecule has 0 spiro atoms. The van der Waals surface area contributed by atoms with Crippen LogP contribution in [-0.2, 0) is 37.1 Å². The third-order valence-electron chi connectivity index (χ3n) is 5.24. The van der Waals surface area contributed by atoms with Crippen LogP contribution >= 0.6 is 24.8 Å². The molecule has 0 amide bonds. The Kier molecular flexibility index (Phi) is 13.7. The molecule has 5 heteroatoms. The zero-order valence-corrected chi connectivity index (χ0v) is 24.2. The Balaban J connectivity index is 0. The number of allylic oxidation sites excluding steroid dienone is 4. The number of benzene rings is 1. The summed E-state index contributed by atoms with van der Waals surface area (Å²) in [5.41, 5.74) is 5.81. The molecule has 1 nitrogen and oxygen atoms in total. The second kappa shape index (κ2) is 12.7. The van der Waals surface area contributed by atoms with Crippen LogP contribution in [0.1, 0.15) is 40.2 Å². The van der Waals surface area contributed by atoms with Crippen molar-refractivity contribution in [3.8, 4) is 0 Å². The summed E-state index contributed by atoms with van der Waals surface area (Å²) in [7, 11) is -1.36. The van der Waals surface area contributed by atoms with Crippen LogP contribution in [0.15, 0.2) is 53.1 Å². The molecule has 0 aromatic heterocycles. The Hall–Kier alpha value is -0.0500. The average Bonchev–Trinajstić information content (AvgIpc) is 3.02. The van der Waals surface area contributed by atoms with Gasteiger partial charge in [0.15, 0.2) is 8.32 Å². The predicted octanol–water partition coefficient (Wildman–Crippen LogP) is 7.91. The Morgan fingerprint density at radius 2 is 1.59 bits per heavy atom. The van der Waals surface area contributed by atoms with Gasteiger partial charge in [0.25, 0.3) is 0 Å². The van der Waals surface area contributed by atoms with E-state index in [4.69, 9.17) is 4.43 Å². The SMILES string of the molecule is CC1=[C-]C(C)(C)C(C)=C1C.C[Si](C)(C)OCC[c-]1ccc2ccccc21.Cl.Cl.[Zr+2]. The smallest absolute Gasteiger partial charge is 0.418 e. The zero-order chi connectivity index (χ0) is 19.5. The number of halogens is 2. The summed E-state index contributed by atoms with van der Waals surface area (Å²) < 4.78 is 5.89. The van der Waals surface area contributed by atoms with Crippen molar-refractivity contribution in [3.63, 3.8) is 0 Å². The van der Waals surface area contributed by atoms with Crippen LogP contribution in [0, 0.1) is 11.5 Å². The summed E-state index contributed by atoms with van der Waals surface area (Å²) in [6.45, 7) is 18.5. The number of hydrogen-bond donors (Lipinski definition) is 0. The first-order valence-corrected chi connectivity index (χ1v) is 13.0. The van der Waals surface area contributed by atoms with Gasteiger partial charge in [-0.1, -0.05) is 39.2 Å². The van der Waals surface area contributed by atoms with Gasteiger partial charge in [0.1, 0.15) is 0 Å². The summed E-state index contributed by atoms with van der Waals surface area (Å²) in [6, 6.07) is 13.0. The minimum atomic E-state index is -1.36. The molecule has 0 saturated heterocycles. The summed E-state index contributed by atoms with van der Waals surface area (Å²) in [6.07, 6.45) is 4.46. The average molecular weight is 531 g/mol. The summed E-state index contributed by atoms with van der Waals surface area (Å²) >= 11 is 0. The maximum absolute atomic E-state index is 5.89. The number of rotatable bonds is 4. The minimum Gasteiger partial charge on any atom is -0.418 e. The topological polar surface area (TPSA) is 9.23 Å². The van der Waals surface area contributed by atoms with Gasteiger partial charge in [0.2, 0.25) is 0 Å². The molecule has 1 aliphatic carbocycles. The van der Waals surface area contributed by atoms with Crippen molar-refractivity contribution < 1.29 is 30.6 Å². The maximum Gasteiger partial charge on any atom is 2.00 e. The Morgan fingerprint density at radius 1 is 1.00 bits per heavy atom. The summed E-state index contributed by atoms with van der Waals surface area (Å²) in [5, 5.41) is 2.71. The maximum atomic E-state index is 5.89. The number of hydrogen-bond acceptors (Lipinski definition) is 1. The molecule has 2 aromatic rings. The molecular weight excluding hydrogens is 494 g/mol. The third kappa shape index (κ3) is 8.91. The van der Waals surface area contributed by atoms with Gasteiger partial charge in [-0.15, -0.1) is 72.3 Å². The van der Waals surface area contributed by atoms with E-state index in [1.165, 1.54) is 33.1 Å². The quantitative estimate of drug-likeness (QED) is 0.288. The second-order valence-electron chi connectivity index (χ2n) is 8.78. The van der Waals surface area contributed by atoms with Crippen molar-refractivity contribution >= 4 is 43.9 Å². The zero-order valence-electron chi connectivity index (χ0n) is 19.1. The minimum absolute atomic E-state index is 0. The van der Waals surface area contributed by atoms with E-state index in [1.807, 2.05) is 0 Å². The van der Waals surface area contributed by atoms with Crippen LogP contribution in [0.2, 0.25) is 19.6 Å². The first kappa shape index (κ1) is 31.1. The third-order valence-corrected chi connectivity index (χ3v) is 6.31. The van der Waals surface area contributed by atoms with E-state index < -0.39 is 8.32 Å². The molecule has 0 unspecified atom stereocenters. The molecule has 1 aliphatic rings. The van der Waals surface area contributed by atoms with E-state index in [0.29, 0.717) is 0 Å².